The minimum Gasteiger partial charge on any atom is -0.468 e. The number of hydrogen-bond donors (Lipinski definition) is 1. The highest BCUT2D eigenvalue weighted by atomic mass is 79.9. The lowest BCUT2D eigenvalue weighted by Gasteiger charge is -2.16. The van der Waals surface area contributed by atoms with Gasteiger partial charge in [0.05, 0.1) is 12.8 Å². The molecule has 0 amide bonds. The van der Waals surface area contributed by atoms with Gasteiger partial charge in [0.25, 0.3) is 10.0 Å². The van der Waals surface area contributed by atoms with E-state index in [1.54, 1.807) is 12.1 Å². The van der Waals surface area contributed by atoms with Gasteiger partial charge in [-0.25, -0.2) is 0 Å². The normalized spacial score (nSPS) is 17.3. The van der Waals surface area contributed by atoms with Gasteiger partial charge in [0.1, 0.15) is 4.90 Å². The molecule has 0 bridgehead atoms. The van der Waals surface area contributed by atoms with Crippen LogP contribution in [0.5, 0.6) is 0 Å². The van der Waals surface area contributed by atoms with Crippen molar-refractivity contribution in [2.75, 3.05) is 12.4 Å². The number of anilines is 1. The van der Waals surface area contributed by atoms with Crippen LogP contribution >= 0.6 is 15.9 Å². The van der Waals surface area contributed by atoms with E-state index in [-0.39, 0.29) is 10.9 Å². The standard InChI is InChI=1S/C8H7BrN2O3S/c1-14-8-10-6-3-2-5(9)4-7(6)15(12,13)11-8/h2-4H,1H3,(H,10,11). The van der Waals surface area contributed by atoms with Gasteiger partial charge in [0.2, 0.25) is 0 Å². The second kappa shape index (κ2) is 3.49. The van der Waals surface area contributed by atoms with E-state index in [0.717, 1.165) is 0 Å². The summed E-state index contributed by atoms with van der Waals surface area (Å²) in [4.78, 5) is 0.137. The van der Waals surface area contributed by atoms with Crippen LogP contribution < -0.4 is 5.32 Å². The molecule has 0 aliphatic carbocycles. The van der Waals surface area contributed by atoms with E-state index < -0.39 is 10.0 Å². The quantitative estimate of drug-likeness (QED) is 0.787. The first-order valence-electron chi connectivity index (χ1n) is 3.98. The summed E-state index contributed by atoms with van der Waals surface area (Å²) in [7, 11) is -2.30. The van der Waals surface area contributed by atoms with Crippen LogP contribution in [-0.4, -0.2) is 21.5 Å². The summed E-state index contributed by atoms with van der Waals surface area (Å²) in [6.07, 6.45) is 0. The lowest BCUT2D eigenvalue weighted by Crippen LogP contribution is -2.22. The molecule has 0 saturated carbocycles. The van der Waals surface area contributed by atoms with Crippen LogP contribution in [0.2, 0.25) is 0 Å². The third-order valence-electron chi connectivity index (χ3n) is 1.86. The molecule has 1 aromatic rings. The Balaban J connectivity index is 2.64. The molecule has 0 radical (unpaired) electrons. The number of methoxy groups -OCH3 is 1. The summed E-state index contributed by atoms with van der Waals surface area (Å²) in [6, 6.07) is 4.85. The van der Waals surface area contributed by atoms with Crippen molar-refractivity contribution in [3.63, 3.8) is 0 Å². The second-order valence-corrected chi connectivity index (χ2v) is 5.33. The highest BCUT2D eigenvalue weighted by Gasteiger charge is 2.25. The molecule has 0 unspecified atom stereocenters. The number of ether oxygens (including phenoxy) is 1. The van der Waals surface area contributed by atoms with Crippen LogP contribution in [0.1, 0.15) is 0 Å². The number of nitrogens with one attached hydrogen (secondary N) is 1. The molecule has 1 aliphatic rings. The summed E-state index contributed by atoms with van der Waals surface area (Å²) < 4.78 is 32.2. The van der Waals surface area contributed by atoms with Crippen molar-refractivity contribution in [2.45, 2.75) is 4.90 Å². The number of hydrogen-bond acceptors (Lipinski definition) is 4. The molecule has 80 valence electrons. The Morgan fingerprint density at radius 2 is 2.20 bits per heavy atom. The van der Waals surface area contributed by atoms with Crippen molar-refractivity contribution in [3.8, 4) is 0 Å². The Bertz CT molecular complexity index is 539. The van der Waals surface area contributed by atoms with E-state index in [2.05, 4.69) is 25.6 Å². The van der Waals surface area contributed by atoms with Gasteiger partial charge in [0.15, 0.2) is 0 Å². The molecule has 1 aliphatic heterocycles. The Kier molecular flexibility index (Phi) is 2.43. The van der Waals surface area contributed by atoms with E-state index in [0.29, 0.717) is 10.2 Å². The number of halogens is 1. The van der Waals surface area contributed by atoms with E-state index in [9.17, 15) is 8.42 Å². The summed E-state index contributed by atoms with van der Waals surface area (Å²) in [5, 5.41) is 2.76. The maximum atomic E-state index is 11.7. The fourth-order valence-corrected chi connectivity index (χ4v) is 2.82. The monoisotopic (exact) mass is 290 g/mol. The first kappa shape index (κ1) is 10.4. The lowest BCUT2D eigenvalue weighted by atomic mass is 10.3. The average molecular weight is 291 g/mol. The Hall–Kier alpha value is -1.08. The molecule has 1 aromatic carbocycles. The number of fused-ring (bicyclic) bond motifs is 1. The van der Waals surface area contributed by atoms with E-state index in [1.165, 1.54) is 13.2 Å². The number of amidine groups is 1. The zero-order valence-corrected chi connectivity index (χ0v) is 10.1. The van der Waals surface area contributed by atoms with Gasteiger partial charge in [-0.1, -0.05) is 15.9 Å². The number of nitrogens with zero attached hydrogens (tertiary/aromatic N) is 1. The summed E-state index contributed by atoms with van der Waals surface area (Å²) >= 11 is 3.20. The van der Waals surface area contributed by atoms with E-state index in [1.807, 2.05) is 0 Å². The lowest BCUT2D eigenvalue weighted by molar-refractivity contribution is 0.402. The van der Waals surface area contributed by atoms with Gasteiger partial charge in [-0.2, -0.15) is 8.42 Å². The van der Waals surface area contributed by atoms with Crippen molar-refractivity contribution < 1.29 is 13.2 Å². The predicted molar refractivity (Wildman–Crippen MR) is 59.4 cm³/mol. The molecular weight excluding hydrogens is 284 g/mol. The van der Waals surface area contributed by atoms with Crippen LogP contribution in [0.4, 0.5) is 5.69 Å². The number of benzene rings is 1. The van der Waals surface area contributed by atoms with Crippen LogP contribution in [-0.2, 0) is 14.8 Å². The molecule has 2 rings (SSSR count). The molecule has 0 spiro atoms. The third-order valence-corrected chi connectivity index (χ3v) is 3.65. The number of rotatable bonds is 0. The zero-order valence-electron chi connectivity index (χ0n) is 7.69. The van der Waals surface area contributed by atoms with Gasteiger partial charge in [-0.3, -0.25) is 0 Å². The van der Waals surface area contributed by atoms with Crippen molar-refractivity contribution in [3.05, 3.63) is 22.7 Å². The molecular formula is C8H7BrN2O3S. The Labute approximate surface area is 95.3 Å². The van der Waals surface area contributed by atoms with E-state index in [4.69, 9.17) is 4.74 Å². The van der Waals surface area contributed by atoms with Crippen molar-refractivity contribution in [2.24, 2.45) is 4.40 Å². The van der Waals surface area contributed by atoms with Crippen LogP contribution in [0, 0.1) is 0 Å². The molecule has 1 heterocycles. The minimum atomic E-state index is -3.66. The maximum absolute atomic E-state index is 11.7. The number of sulfonamides is 1. The minimum absolute atomic E-state index is 0.0233. The molecule has 0 fully saturated rings. The fourth-order valence-electron chi connectivity index (χ4n) is 1.20. The van der Waals surface area contributed by atoms with Crippen LogP contribution in [0.25, 0.3) is 0 Å². The Morgan fingerprint density at radius 1 is 1.47 bits per heavy atom. The van der Waals surface area contributed by atoms with Gasteiger partial charge >= 0.3 is 6.02 Å². The van der Waals surface area contributed by atoms with Gasteiger partial charge < -0.3 is 10.1 Å². The Morgan fingerprint density at radius 3 is 2.87 bits per heavy atom. The molecule has 5 nitrogen and oxygen atoms in total. The molecule has 15 heavy (non-hydrogen) atoms. The smallest absolute Gasteiger partial charge is 0.305 e. The van der Waals surface area contributed by atoms with Crippen molar-refractivity contribution in [1.82, 2.24) is 0 Å². The largest absolute Gasteiger partial charge is 0.468 e. The average Bonchev–Trinajstić information content (AvgIpc) is 2.18. The van der Waals surface area contributed by atoms with Gasteiger partial charge in [0, 0.05) is 4.47 Å². The first-order valence-corrected chi connectivity index (χ1v) is 6.22. The highest BCUT2D eigenvalue weighted by molar-refractivity contribution is 9.10. The summed E-state index contributed by atoms with van der Waals surface area (Å²) in [5.41, 5.74) is 0.463. The second-order valence-electron chi connectivity index (χ2n) is 2.84. The van der Waals surface area contributed by atoms with Crippen LogP contribution in [0.15, 0.2) is 32.0 Å². The maximum Gasteiger partial charge on any atom is 0.305 e. The van der Waals surface area contributed by atoms with Crippen LogP contribution in [0.3, 0.4) is 0 Å². The summed E-state index contributed by atoms with van der Waals surface area (Å²) in [5.74, 6) is 0. The predicted octanol–water partition coefficient (Wildman–Crippen LogP) is 1.57. The topological polar surface area (TPSA) is 67.8 Å². The molecule has 0 aromatic heterocycles. The van der Waals surface area contributed by atoms with Crippen molar-refractivity contribution in [1.29, 1.82) is 0 Å². The fraction of sp³-hybridized carbons (Fsp3) is 0.125. The summed E-state index contributed by atoms with van der Waals surface area (Å²) in [6.45, 7) is 0. The third kappa shape index (κ3) is 1.84. The molecule has 0 saturated heterocycles. The van der Waals surface area contributed by atoms with Gasteiger partial charge in [-0.15, -0.1) is 4.40 Å². The highest BCUT2D eigenvalue weighted by Crippen LogP contribution is 2.29. The molecule has 1 N–H and O–H groups in total. The molecule has 7 heteroatoms. The zero-order chi connectivity index (χ0) is 11.1. The van der Waals surface area contributed by atoms with Crippen molar-refractivity contribution >= 4 is 37.7 Å². The first-order chi connectivity index (χ1) is 7.03. The van der Waals surface area contributed by atoms with E-state index >= 15 is 0 Å². The SMILES string of the molecule is COC1=NS(=O)(=O)c2cc(Br)ccc2N1. The van der Waals surface area contributed by atoms with Gasteiger partial charge in [-0.05, 0) is 18.2 Å². The molecule has 0 atom stereocenters.